The van der Waals surface area contributed by atoms with Gasteiger partial charge in [-0.25, -0.2) is 9.07 Å². The summed E-state index contributed by atoms with van der Waals surface area (Å²) in [6, 6.07) is 1.26. The quantitative estimate of drug-likeness (QED) is 0.450. The molecule has 0 spiro atoms. The van der Waals surface area contributed by atoms with Crippen molar-refractivity contribution in [2.24, 2.45) is 11.8 Å². The molecule has 3 aromatic rings. The first kappa shape index (κ1) is 25.1. The van der Waals surface area contributed by atoms with Crippen molar-refractivity contribution in [2.45, 2.75) is 44.7 Å². The standard InChI is InChI=1S/C21H20F7N7O2/c1-10-31-32-19(36-10)34-7-11-2-3-12(8-34)16(11)29-17-30-18(35(33-17)9-20(23,24)25)37-13-4-5-15(22)14(6-13)21(26,27)28/h4-6,11-12,16H,2-3,7-9H2,1H3,(H,29,33)/t11-,12+,16-. The van der Waals surface area contributed by atoms with Crippen molar-refractivity contribution < 1.29 is 39.9 Å². The second-order valence-corrected chi connectivity index (χ2v) is 9.01. The van der Waals surface area contributed by atoms with Crippen LogP contribution in [0.25, 0.3) is 0 Å². The van der Waals surface area contributed by atoms with Gasteiger partial charge >= 0.3 is 24.4 Å². The molecule has 1 N–H and O–H groups in total. The highest BCUT2D eigenvalue weighted by Crippen LogP contribution is 2.40. The number of piperidine rings is 1. The van der Waals surface area contributed by atoms with Crippen molar-refractivity contribution in [3.8, 4) is 11.8 Å². The number of anilines is 2. The van der Waals surface area contributed by atoms with E-state index < -0.39 is 42.0 Å². The lowest BCUT2D eigenvalue weighted by Crippen LogP contribution is -2.48. The maximum atomic E-state index is 13.6. The van der Waals surface area contributed by atoms with Crippen LogP contribution in [0.2, 0.25) is 0 Å². The van der Waals surface area contributed by atoms with Crippen LogP contribution < -0.4 is 15.0 Å². The molecule has 2 aliphatic rings. The largest absolute Gasteiger partial charge is 0.424 e. The molecule has 2 fully saturated rings. The Morgan fingerprint density at radius 3 is 2.38 bits per heavy atom. The zero-order chi connectivity index (χ0) is 26.5. The average molecular weight is 535 g/mol. The number of rotatable bonds is 6. The Bertz CT molecular complexity index is 1260. The molecule has 1 saturated carbocycles. The number of nitrogens with zero attached hydrogens (tertiary/aromatic N) is 6. The van der Waals surface area contributed by atoms with Crippen LogP contribution in [0.3, 0.4) is 0 Å². The average Bonchev–Trinajstić information content (AvgIpc) is 3.43. The van der Waals surface area contributed by atoms with E-state index in [4.69, 9.17) is 9.15 Å². The molecule has 9 nitrogen and oxygen atoms in total. The Morgan fingerprint density at radius 2 is 1.78 bits per heavy atom. The van der Waals surface area contributed by atoms with Gasteiger partial charge in [-0.2, -0.15) is 31.3 Å². The van der Waals surface area contributed by atoms with Gasteiger partial charge in [-0.05, 0) is 42.9 Å². The molecular formula is C21H20F7N7O2. The Kier molecular flexibility index (Phi) is 6.14. The van der Waals surface area contributed by atoms with Crippen LogP contribution in [0, 0.1) is 24.6 Å². The van der Waals surface area contributed by atoms with Gasteiger partial charge in [0.2, 0.25) is 11.8 Å². The molecule has 2 bridgehead atoms. The van der Waals surface area contributed by atoms with Crippen molar-refractivity contribution in [3.63, 3.8) is 0 Å². The van der Waals surface area contributed by atoms with Crippen LogP contribution in [0.15, 0.2) is 22.6 Å². The Morgan fingerprint density at radius 1 is 1.08 bits per heavy atom. The summed E-state index contributed by atoms with van der Waals surface area (Å²) >= 11 is 0. The molecule has 1 aliphatic heterocycles. The van der Waals surface area contributed by atoms with Gasteiger partial charge in [-0.1, -0.05) is 5.10 Å². The highest BCUT2D eigenvalue weighted by atomic mass is 19.4. The Balaban J connectivity index is 1.36. The van der Waals surface area contributed by atoms with Gasteiger partial charge < -0.3 is 19.4 Å². The van der Waals surface area contributed by atoms with E-state index in [-0.39, 0.29) is 23.8 Å². The zero-order valence-electron chi connectivity index (χ0n) is 19.1. The third-order valence-corrected chi connectivity index (χ3v) is 6.33. The molecule has 3 atom stereocenters. The highest BCUT2D eigenvalue weighted by molar-refractivity contribution is 5.36. The number of ether oxygens (including phenoxy) is 1. The molecule has 2 aromatic heterocycles. The maximum Gasteiger partial charge on any atom is 0.419 e. The summed E-state index contributed by atoms with van der Waals surface area (Å²) < 4.78 is 103. The van der Waals surface area contributed by atoms with E-state index >= 15 is 0 Å². The van der Waals surface area contributed by atoms with Gasteiger partial charge in [0.1, 0.15) is 18.1 Å². The van der Waals surface area contributed by atoms with Crippen molar-refractivity contribution in [1.29, 1.82) is 0 Å². The molecule has 1 saturated heterocycles. The fourth-order valence-electron chi connectivity index (χ4n) is 4.81. The molecule has 1 aliphatic carbocycles. The Labute approximate surface area is 204 Å². The van der Waals surface area contributed by atoms with Crippen molar-refractivity contribution in [3.05, 3.63) is 35.5 Å². The summed E-state index contributed by atoms with van der Waals surface area (Å²) in [5.74, 6) is -1.66. The summed E-state index contributed by atoms with van der Waals surface area (Å²) in [7, 11) is 0. The molecule has 5 rings (SSSR count). The first-order chi connectivity index (χ1) is 17.4. The number of alkyl halides is 6. The predicted octanol–water partition coefficient (Wildman–Crippen LogP) is 4.81. The second-order valence-electron chi connectivity index (χ2n) is 9.01. The predicted molar refractivity (Wildman–Crippen MR) is 112 cm³/mol. The van der Waals surface area contributed by atoms with Crippen LogP contribution in [-0.4, -0.2) is 50.3 Å². The minimum absolute atomic E-state index is 0.0799. The number of aromatic nitrogens is 5. The lowest BCUT2D eigenvalue weighted by molar-refractivity contribution is -0.143. The minimum atomic E-state index is -5.02. The lowest BCUT2D eigenvalue weighted by Gasteiger charge is -2.37. The van der Waals surface area contributed by atoms with Crippen molar-refractivity contribution >= 4 is 12.0 Å². The van der Waals surface area contributed by atoms with E-state index in [1.54, 1.807) is 6.92 Å². The zero-order valence-corrected chi connectivity index (χ0v) is 19.1. The highest BCUT2D eigenvalue weighted by Gasteiger charge is 2.44. The summed E-state index contributed by atoms with van der Waals surface area (Å²) in [6.45, 7) is 1.22. The van der Waals surface area contributed by atoms with Crippen LogP contribution in [-0.2, 0) is 12.7 Å². The number of halogens is 7. The lowest BCUT2D eigenvalue weighted by atomic mass is 9.92. The molecular weight excluding hydrogens is 515 g/mol. The molecule has 0 radical (unpaired) electrons. The third kappa shape index (κ3) is 5.41. The molecule has 3 heterocycles. The SMILES string of the molecule is Cc1nnc(N2C[C@H]3CC[C@@H](C2)[C@@H]3Nc2nc(Oc3ccc(F)c(C(F)(F)F)c3)n(CC(F)(F)F)n2)o1. The van der Waals surface area contributed by atoms with Crippen LogP contribution in [0.4, 0.5) is 42.7 Å². The van der Waals surface area contributed by atoms with Crippen LogP contribution in [0.5, 0.6) is 11.8 Å². The van der Waals surface area contributed by atoms with Gasteiger partial charge in [-0.3, -0.25) is 0 Å². The number of fused-ring (bicyclic) bond motifs is 2. The first-order valence-corrected chi connectivity index (χ1v) is 11.2. The number of hydrogen-bond acceptors (Lipinski definition) is 8. The minimum Gasteiger partial charge on any atom is -0.424 e. The maximum absolute atomic E-state index is 13.6. The van der Waals surface area contributed by atoms with Gasteiger partial charge in [0.25, 0.3) is 0 Å². The second kappa shape index (κ2) is 9.06. The number of aryl methyl sites for hydroxylation is 1. The molecule has 37 heavy (non-hydrogen) atoms. The number of nitrogens with one attached hydrogen (secondary N) is 1. The van der Waals surface area contributed by atoms with Crippen LogP contribution in [0.1, 0.15) is 24.3 Å². The van der Waals surface area contributed by atoms with E-state index in [1.165, 1.54) is 0 Å². The monoisotopic (exact) mass is 535 g/mol. The summed E-state index contributed by atoms with van der Waals surface area (Å²) in [4.78, 5) is 5.92. The van der Waals surface area contributed by atoms with Gasteiger partial charge in [0, 0.05) is 26.1 Å². The molecule has 0 amide bonds. The summed E-state index contributed by atoms with van der Waals surface area (Å²) in [5, 5.41) is 14.8. The van der Waals surface area contributed by atoms with E-state index in [1.807, 2.05) is 4.90 Å². The fourth-order valence-corrected chi connectivity index (χ4v) is 4.81. The van der Waals surface area contributed by atoms with Gasteiger partial charge in [-0.15, -0.1) is 10.2 Å². The smallest absolute Gasteiger partial charge is 0.419 e. The number of hydrogen-bond donors (Lipinski definition) is 1. The molecule has 1 aromatic carbocycles. The van der Waals surface area contributed by atoms with E-state index in [2.05, 4.69) is 25.6 Å². The van der Waals surface area contributed by atoms with Crippen LogP contribution >= 0.6 is 0 Å². The normalized spacial score (nSPS) is 21.9. The van der Waals surface area contributed by atoms with Gasteiger partial charge in [0.15, 0.2) is 0 Å². The van der Waals surface area contributed by atoms with Gasteiger partial charge in [0.05, 0.1) is 5.56 Å². The van der Waals surface area contributed by atoms with E-state index in [9.17, 15) is 30.7 Å². The molecule has 16 heteroatoms. The Hall–Kier alpha value is -3.59. The summed E-state index contributed by atoms with van der Waals surface area (Å²) in [5.41, 5.74) is -1.62. The summed E-state index contributed by atoms with van der Waals surface area (Å²) in [6.07, 6.45) is -8.05. The van der Waals surface area contributed by atoms with E-state index in [0.717, 1.165) is 18.9 Å². The fraction of sp³-hybridized carbons (Fsp3) is 0.524. The molecule has 200 valence electrons. The first-order valence-electron chi connectivity index (χ1n) is 11.2. The third-order valence-electron chi connectivity index (χ3n) is 6.33. The van der Waals surface area contributed by atoms with Crippen molar-refractivity contribution in [2.75, 3.05) is 23.3 Å². The molecule has 0 unspecified atom stereocenters. The van der Waals surface area contributed by atoms with Crippen molar-refractivity contribution in [1.82, 2.24) is 25.0 Å². The van der Waals surface area contributed by atoms with E-state index in [0.29, 0.717) is 41.8 Å². The number of benzene rings is 1. The topological polar surface area (TPSA) is 94.1 Å².